The first kappa shape index (κ1) is 21.8. The normalized spacial score (nSPS) is 10.1. The van der Waals surface area contributed by atoms with Gasteiger partial charge in [0.05, 0.1) is 0 Å². The first-order valence-corrected chi connectivity index (χ1v) is 7.77. The molecule has 0 heterocycles. The average molecular weight is 323 g/mol. The van der Waals surface area contributed by atoms with Crippen LogP contribution in [0.15, 0.2) is 36.4 Å². The Hall–Kier alpha value is -1.19. The van der Waals surface area contributed by atoms with Crippen LogP contribution >= 0.6 is 0 Å². The number of hydrogen-bond donors (Lipinski definition) is 0. The topological polar surface area (TPSA) is 46.1 Å². The summed E-state index contributed by atoms with van der Waals surface area (Å²) < 4.78 is 0. The molecule has 0 aliphatic heterocycles. The first-order chi connectivity index (χ1) is 10.2. The van der Waals surface area contributed by atoms with Crippen molar-refractivity contribution in [2.75, 3.05) is 0 Å². The fourth-order valence-electron chi connectivity index (χ4n) is 2.24. The van der Waals surface area contributed by atoms with Gasteiger partial charge in [0, 0.05) is 0 Å². The summed E-state index contributed by atoms with van der Waals surface area (Å²) >= 11 is 0. The van der Waals surface area contributed by atoms with Crippen LogP contribution in [0.5, 0.6) is 11.5 Å². The SMILES string of the molecule is Cc1ccc(C(C)C)c([O-])c1.Cc1ccc(C(C)C)c([O-])c1.[Mg+2]. The van der Waals surface area contributed by atoms with E-state index in [2.05, 4.69) is 0 Å². The van der Waals surface area contributed by atoms with Crippen LogP contribution in [0.2, 0.25) is 0 Å². The van der Waals surface area contributed by atoms with Gasteiger partial charge in [-0.2, -0.15) is 0 Å². The molecule has 0 radical (unpaired) electrons. The molecule has 120 valence electrons. The quantitative estimate of drug-likeness (QED) is 0.784. The molecule has 0 saturated carbocycles. The van der Waals surface area contributed by atoms with Crippen LogP contribution < -0.4 is 10.2 Å². The third kappa shape index (κ3) is 6.84. The molecule has 3 heteroatoms. The van der Waals surface area contributed by atoms with Crippen molar-refractivity contribution in [3.05, 3.63) is 58.7 Å². The summed E-state index contributed by atoms with van der Waals surface area (Å²) in [7, 11) is 0. The van der Waals surface area contributed by atoms with Gasteiger partial charge in [-0.15, -0.1) is 11.5 Å². The fourth-order valence-corrected chi connectivity index (χ4v) is 2.24. The molecule has 2 aromatic carbocycles. The zero-order chi connectivity index (χ0) is 16.9. The van der Waals surface area contributed by atoms with Crippen molar-refractivity contribution < 1.29 is 10.2 Å². The van der Waals surface area contributed by atoms with Crippen molar-refractivity contribution in [3.8, 4) is 11.5 Å². The minimum absolute atomic E-state index is 0. The van der Waals surface area contributed by atoms with Gasteiger partial charge in [-0.1, -0.05) is 86.3 Å². The van der Waals surface area contributed by atoms with E-state index in [4.69, 9.17) is 0 Å². The predicted molar refractivity (Wildman–Crippen MR) is 95.2 cm³/mol. The molecule has 0 aromatic heterocycles. The third-order valence-corrected chi connectivity index (χ3v) is 3.58. The van der Waals surface area contributed by atoms with E-state index in [0.717, 1.165) is 22.3 Å². The molecule has 0 fully saturated rings. The van der Waals surface area contributed by atoms with E-state index in [1.165, 1.54) is 0 Å². The minimum Gasteiger partial charge on any atom is -0.872 e. The third-order valence-electron chi connectivity index (χ3n) is 3.58. The zero-order valence-corrected chi connectivity index (χ0v) is 16.6. The Morgan fingerprint density at radius 2 is 0.957 bits per heavy atom. The van der Waals surface area contributed by atoms with Crippen molar-refractivity contribution in [2.45, 2.75) is 53.4 Å². The Labute approximate surface area is 156 Å². The smallest absolute Gasteiger partial charge is 0.872 e. The summed E-state index contributed by atoms with van der Waals surface area (Å²) in [5.41, 5.74) is 3.91. The minimum atomic E-state index is 0. The van der Waals surface area contributed by atoms with Gasteiger partial charge in [-0.05, 0) is 25.7 Å². The fraction of sp³-hybridized carbons (Fsp3) is 0.400. The van der Waals surface area contributed by atoms with E-state index in [1.54, 1.807) is 12.1 Å². The molecule has 0 atom stereocenters. The molecule has 0 aliphatic rings. The van der Waals surface area contributed by atoms with Crippen LogP contribution in [0.4, 0.5) is 0 Å². The summed E-state index contributed by atoms with van der Waals surface area (Å²) in [6.45, 7) is 12.0. The largest absolute Gasteiger partial charge is 2.00 e. The second-order valence-corrected chi connectivity index (χ2v) is 6.39. The maximum absolute atomic E-state index is 11.3. The summed E-state index contributed by atoms with van der Waals surface area (Å²) in [4.78, 5) is 0. The molecular weight excluding hydrogens is 297 g/mol. The second-order valence-electron chi connectivity index (χ2n) is 6.39. The van der Waals surface area contributed by atoms with Crippen molar-refractivity contribution in [3.63, 3.8) is 0 Å². The van der Waals surface area contributed by atoms with Gasteiger partial charge < -0.3 is 10.2 Å². The van der Waals surface area contributed by atoms with Crippen LogP contribution in [-0.2, 0) is 0 Å². The van der Waals surface area contributed by atoms with Crippen molar-refractivity contribution in [1.82, 2.24) is 0 Å². The maximum Gasteiger partial charge on any atom is 2.00 e. The maximum atomic E-state index is 11.3. The van der Waals surface area contributed by atoms with E-state index in [1.807, 2.05) is 65.8 Å². The van der Waals surface area contributed by atoms with Gasteiger partial charge in [0.15, 0.2) is 0 Å². The first-order valence-electron chi connectivity index (χ1n) is 7.77. The number of aryl methyl sites for hydroxylation is 2. The number of hydrogen-bond acceptors (Lipinski definition) is 2. The number of rotatable bonds is 2. The Kier molecular flexibility index (Phi) is 9.33. The zero-order valence-electron chi connectivity index (χ0n) is 15.1. The van der Waals surface area contributed by atoms with Crippen LogP contribution in [0.1, 0.15) is 61.8 Å². The summed E-state index contributed by atoms with van der Waals surface area (Å²) in [5.74, 6) is 1.01. The molecule has 2 aromatic rings. The van der Waals surface area contributed by atoms with Crippen molar-refractivity contribution in [2.24, 2.45) is 0 Å². The summed E-state index contributed by atoms with van der Waals surface area (Å²) in [5, 5.41) is 22.6. The van der Waals surface area contributed by atoms with Crippen molar-refractivity contribution in [1.29, 1.82) is 0 Å². The van der Waals surface area contributed by atoms with Crippen LogP contribution in [0.25, 0.3) is 0 Å². The van der Waals surface area contributed by atoms with E-state index in [9.17, 15) is 10.2 Å². The van der Waals surface area contributed by atoms with Crippen LogP contribution in [-0.4, -0.2) is 23.1 Å². The monoisotopic (exact) mass is 322 g/mol. The molecule has 0 aliphatic carbocycles. The summed E-state index contributed by atoms with van der Waals surface area (Å²) in [6, 6.07) is 11.2. The average Bonchev–Trinajstić information content (AvgIpc) is 2.38. The van der Waals surface area contributed by atoms with Gasteiger partial charge in [0.25, 0.3) is 0 Å². The molecule has 0 N–H and O–H groups in total. The van der Waals surface area contributed by atoms with E-state index >= 15 is 0 Å². The second kappa shape index (κ2) is 9.84. The summed E-state index contributed by atoms with van der Waals surface area (Å²) in [6.07, 6.45) is 0. The van der Waals surface area contributed by atoms with Gasteiger partial charge in [0.2, 0.25) is 0 Å². The Morgan fingerprint density at radius 3 is 1.17 bits per heavy atom. The van der Waals surface area contributed by atoms with E-state index < -0.39 is 0 Å². The van der Waals surface area contributed by atoms with Gasteiger partial charge in [-0.25, -0.2) is 0 Å². The Bertz CT molecular complexity index is 564. The molecule has 0 unspecified atom stereocenters. The standard InChI is InChI=1S/2C10H14O.Mg/c2*1-7(2)9-5-4-8(3)6-10(9)11;/h2*4-7,11H,1-3H3;/q;;+2/p-2. The Morgan fingerprint density at radius 1 is 0.652 bits per heavy atom. The molecule has 0 bridgehead atoms. The molecule has 2 nitrogen and oxygen atoms in total. The predicted octanol–water partition coefficient (Wildman–Crippen LogP) is 4.00. The number of benzene rings is 2. The van der Waals surface area contributed by atoms with Gasteiger partial charge in [0.1, 0.15) is 0 Å². The molecule has 2 rings (SSSR count). The molecule has 0 amide bonds. The van der Waals surface area contributed by atoms with Gasteiger partial charge >= 0.3 is 23.1 Å². The van der Waals surface area contributed by atoms with E-state index in [-0.39, 0.29) is 34.6 Å². The van der Waals surface area contributed by atoms with Crippen molar-refractivity contribution >= 4 is 23.1 Å². The molecule has 0 spiro atoms. The molecule has 23 heavy (non-hydrogen) atoms. The van der Waals surface area contributed by atoms with Gasteiger partial charge in [-0.3, -0.25) is 0 Å². The van der Waals surface area contributed by atoms with E-state index in [0.29, 0.717) is 11.8 Å². The molecule has 0 saturated heterocycles. The van der Waals surface area contributed by atoms with Crippen LogP contribution in [0, 0.1) is 13.8 Å². The Balaban J connectivity index is 0.000000403. The molecular formula is C20H26MgO2. The van der Waals surface area contributed by atoms with Crippen LogP contribution in [0.3, 0.4) is 0 Å².